The van der Waals surface area contributed by atoms with Crippen LogP contribution < -0.4 is 5.11 Å². The summed E-state index contributed by atoms with van der Waals surface area (Å²) in [7, 11) is 5.38. The summed E-state index contributed by atoms with van der Waals surface area (Å²) in [6.45, 7) is 4.47. The van der Waals surface area contributed by atoms with Crippen LogP contribution in [-0.2, 0) is 28.6 Å². The number of esters is 2. The Kier molecular flexibility index (Phi) is 29.2. The Bertz CT molecular complexity index is 875. The van der Waals surface area contributed by atoms with Gasteiger partial charge < -0.3 is 28.6 Å². The maximum Gasteiger partial charge on any atom is 0.306 e. The van der Waals surface area contributed by atoms with Crippen LogP contribution in [0.3, 0.4) is 0 Å². The fourth-order valence-corrected chi connectivity index (χ4v) is 5.14. The van der Waals surface area contributed by atoms with Crippen LogP contribution in [0.4, 0.5) is 0 Å². The Morgan fingerprint density at radius 3 is 1.77 bits per heavy atom. The summed E-state index contributed by atoms with van der Waals surface area (Å²) in [6, 6.07) is -0.724. The third-order valence-electron chi connectivity index (χ3n) is 8.04. The summed E-state index contributed by atoms with van der Waals surface area (Å²) in [5, 5.41) is 11.5. The summed E-state index contributed by atoms with van der Waals surface area (Å²) < 4.78 is 17.0. The van der Waals surface area contributed by atoms with Crippen LogP contribution in [0, 0.1) is 0 Å². The molecule has 0 rings (SSSR count). The van der Waals surface area contributed by atoms with Gasteiger partial charge in [0.1, 0.15) is 12.6 Å². The number of hydrogen-bond donors (Lipinski definition) is 0. The third-order valence-corrected chi connectivity index (χ3v) is 8.04. The molecule has 0 spiro atoms. The Hall–Kier alpha value is -2.45. The van der Waals surface area contributed by atoms with Crippen molar-refractivity contribution in [3.63, 3.8) is 0 Å². The van der Waals surface area contributed by atoms with E-state index in [-0.39, 0.29) is 42.7 Å². The summed E-state index contributed by atoms with van der Waals surface area (Å²) >= 11 is 0. The molecule has 0 fully saturated rings. The van der Waals surface area contributed by atoms with Crippen molar-refractivity contribution in [2.24, 2.45) is 0 Å². The topological polar surface area (TPSA) is 102 Å². The molecule has 2 unspecified atom stereocenters. The number of nitrogens with zero attached hydrogens (tertiary/aromatic N) is 1. The molecule has 2 atom stereocenters. The van der Waals surface area contributed by atoms with Crippen molar-refractivity contribution >= 4 is 17.9 Å². The van der Waals surface area contributed by atoms with Gasteiger partial charge in [-0.15, -0.1) is 0 Å². The molecule has 0 aromatic carbocycles. The quantitative estimate of drug-likeness (QED) is 0.0313. The van der Waals surface area contributed by atoms with Gasteiger partial charge in [0, 0.05) is 19.3 Å². The zero-order valence-electron chi connectivity index (χ0n) is 30.7. The number of quaternary nitrogens is 1. The molecule has 47 heavy (non-hydrogen) atoms. The summed E-state index contributed by atoms with van der Waals surface area (Å²) in [4.78, 5) is 36.5. The van der Waals surface area contributed by atoms with Gasteiger partial charge >= 0.3 is 11.9 Å². The standard InChI is InChI=1S/C39H69NO7/c1-6-8-10-12-14-15-16-17-18-19-20-21-22-24-25-27-29-37(41)46-34-35(33-45-32-31-36(39(43)44)40(3,4)5)47-38(42)30-28-26-23-13-11-9-7-2/h8,10,14-15,17-18,35-36H,6-7,9,11-13,16,19-34H2,1-5H3/b10-8+,15-14+,18-17+. The van der Waals surface area contributed by atoms with Gasteiger partial charge in [0.2, 0.25) is 0 Å². The average Bonchev–Trinajstić information content (AvgIpc) is 3.01. The minimum absolute atomic E-state index is 0.0372. The minimum Gasteiger partial charge on any atom is -0.544 e. The van der Waals surface area contributed by atoms with E-state index in [0.717, 1.165) is 70.6 Å². The van der Waals surface area contributed by atoms with Crippen LogP contribution in [0.5, 0.6) is 0 Å². The molecule has 0 aliphatic rings. The Labute approximate surface area is 287 Å². The molecular weight excluding hydrogens is 594 g/mol. The van der Waals surface area contributed by atoms with Crippen molar-refractivity contribution in [3.05, 3.63) is 36.5 Å². The zero-order chi connectivity index (χ0) is 35.0. The SMILES string of the molecule is CC/C=C/C/C=C/C/C=C/CCCCCCCCC(=O)OCC(COCCC(C(=O)[O-])[N+](C)(C)C)OC(=O)CCCCCCCCC. The summed E-state index contributed by atoms with van der Waals surface area (Å²) in [6.07, 6.45) is 31.8. The number of ether oxygens (including phenoxy) is 3. The highest BCUT2D eigenvalue weighted by molar-refractivity contribution is 5.70. The Balaban J connectivity index is 4.35. The number of aliphatic carboxylic acids is 1. The second-order valence-electron chi connectivity index (χ2n) is 13.4. The van der Waals surface area contributed by atoms with Crippen LogP contribution in [0.2, 0.25) is 0 Å². The first-order chi connectivity index (χ1) is 22.6. The average molecular weight is 664 g/mol. The number of rotatable bonds is 32. The van der Waals surface area contributed by atoms with Gasteiger partial charge in [0.25, 0.3) is 0 Å². The van der Waals surface area contributed by atoms with Crippen molar-refractivity contribution in [2.45, 2.75) is 154 Å². The van der Waals surface area contributed by atoms with Crippen molar-refractivity contribution in [3.8, 4) is 0 Å². The number of carbonyl (C=O) groups is 3. The normalized spacial score (nSPS) is 13.5. The Morgan fingerprint density at radius 1 is 0.660 bits per heavy atom. The van der Waals surface area contributed by atoms with Gasteiger partial charge in [-0.3, -0.25) is 9.59 Å². The second kappa shape index (κ2) is 30.9. The molecule has 0 heterocycles. The molecular formula is C39H69NO7. The number of carbonyl (C=O) groups excluding carboxylic acids is 3. The van der Waals surface area contributed by atoms with Gasteiger partial charge in [-0.1, -0.05) is 115 Å². The Morgan fingerprint density at radius 2 is 1.19 bits per heavy atom. The van der Waals surface area contributed by atoms with Gasteiger partial charge in [-0.25, -0.2) is 0 Å². The van der Waals surface area contributed by atoms with Gasteiger partial charge in [0.05, 0.1) is 40.3 Å². The zero-order valence-corrected chi connectivity index (χ0v) is 30.7. The van der Waals surface area contributed by atoms with E-state index in [1.807, 2.05) is 0 Å². The molecule has 0 amide bonds. The first-order valence-electron chi connectivity index (χ1n) is 18.5. The molecule has 0 saturated heterocycles. The van der Waals surface area contributed by atoms with E-state index in [1.54, 1.807) is 21.1 Å². The van der Waals surface area contributed by atoms with Crippen LogP contribution in [0.1, 0.15) is 142 Å². The van der Waals surface area contributed by atoms with Gasteiger partial charge in [-0.2, -0.15) is 0 Å². The molecule has 8 nitrogen and oxygen atoms in total. The highest BCUT2D eigenvalue weighted by Crippen LogP contribution is 2.13. The van der Waals surface area contributed by atoms with Crippen molar-refractivity contribution in [1.82, 2.24) is 0 Å². The van der Waals surface area contributed by atoms with Crippen LogP contribution in [-0.4, -0.2) is 75.5 Å². The molecule has 0 bridgehead atoms. The van der Waals surface area contributed by atoms with E-state index < -0.39 is 18.1 Å². The lowest BCUT2D eigenvalue weighted by molar-refractivity contribution is -0.889. The molecule has 0 aromatic heterocycles. The monoisotopic (exact) mass is 664 g/mol. The number of likely N-dealkylation sites (N-methyl/N-ethyl adjacent to an activating group) is 1. The summed E-state index contributed by atoms with van der Waals surface area (Å²) in [5.41, 5.74) is 0. The lowest BCUT2D eigenvalue weighted by atomic mass is 10.1. The highest BCUT2D eigenvalue weighted by Gasteiger charge is 2.25. The minimum atomic E-state index is -1.13. The predicted octanol–water partition coefficient (Wildman–Crippen LogP) is 7.79. The fourth-order valence-electron chi connectivity index (χ4n) is 5.14. The molecule has 0 saturated carbocycles. The van der Waals surface area contributed by atoms with Crippen molar-refractivity contribution in [1.29, 1.82) is 0 Å². The third kappa shape index (κ3) is 29.4. The number of carboxylic acids is 1. The molecule has 8 heteroatoms. The number of unbranched alkanes of at least 4 members (excludes halogenated alkanes) is 12. The van der Waals surface area contributed by atoms with E-state index in [9.17, 15) is 19.5 Å². The number of hydrogen-bond acceptors (Lipinski definition) is 7. The largest absolute Gasteiger partial charge is 0.544 e. The van der Waals surface area contributed by atoms with Crippen LogP contribution in [0.25, 0.3) is 0 Å². The van der Waals surface area contributed by atoms with Gasteiger partial charge in [-0.05, 0) is 44.9 Å². The van der Waals surface area contributed by atoms with E-state index in [1.165, 1.54) is 38.5 Å². The van der Waals surface area contributed by atoms with Crippen LogP contribution in [0.15, 0.2) is 36.5 Å². The van der Waals surface area contributed by atoms with Gasteiger partial charge in [0.15, 0.2) is 6.10 Å². The lowest BCUT2D eigenvalue weighted by Gasteiger charge is -2.34. The van der Waals surface area contributed by atoms with Crippen molar-refractivity contribution < 1.29 is 38.2 Å². The molecule has 272 valence electrons. The van der Waals surface area contributed by atoms with E-state index in [4.69, 9.17) is 14.2 Å². The summed E-state index contributed by atoms with van der Waals surface area (Å²) in [5.74, 6) is -1.76. The number of allylic oxidation sites excluding steroid dienone is 6. The maximum atomic E-state index is 12.5. The highest BCUT2D eigenvalue weighted by atomic mass is 16.6. The van der Waals surface area contributed by atoms with E-state index in [2.05, 4.69) is 50.3 Å². The number of carboxylic acid groups (broad SMARTS) is 1. The maximum absolute atomic E-state index is 12.5. The molecule has 0 aliphatic heterocycles. The first-order valence-corrected chi connectivity index (χ1v) is 18.5. The van der Waals surface area contributed by atoms with E-state index in [0.29, 0.717) is 12.8 Å². The predicted molar refractivity (Wildman–Crippen MR) is 190 cm³/mol. The second-order valence-corrected chi connectivity index (χ2v) is 13.4. The first kappa shape index (κ1) is 44.5. The molecule has 0 N–H and O–H groups in total. The van der Waals surface area contributed by atoms with Crippen molar-refractivity contribution in [2.75, 3.05) is 41.0 Å². The van der Waals surface area contributed by atoms with Crippen LogP contribution >= 0.6 is 0 Å². The molecule has 0 aromatic rings. The lowest BCUT2D eigenvalue weighted by Crippen LogP contribution is -2.55. The molecule has 0 radical (unpaired) electrons. The fraction of sp³-hybridized carbons (Fsp3) is 0.769. The molecule has 0 aliphatic carbocycles. The van der Waals surface area contributed by atoms with E-state index >= 15 is 0 Å². The smallest absolute Gasteiger partial charge is 0.306 e.